The summed E-state index contributed by atoms with van der Waals surface area (Å²) in [6.45, 7) is 9.02. The van der Waals surface area contributed by atoms with E-state index in [0.29, 0.717) is 12.4 Å². The van der Waals surface area contributed by atoms with Crippen molar-refractivity contribution >= 4 is 25.7 Å². The molecule has 0 atom stereocenters. The molecule has 1 rings (SSSR count). The van der Waals surface area contributed by atoms with Gasteiger partial charge in [0, 0.05) is 13.8 Å². The summed E-state index contributed by atoms with van der Waals surface area (Å²) in [5, 5.41) is 2.98. The van der Waals surface area contributed by atoms with Gasteiger partial charge in [-0.3, -0.25) is 4.79 Å². The van der Waals surface area contributed by atoms with Crippen LogP contribution in [0, 0.1) is 6.92 Å². The fourth-order valence-corrected chi connectivity index (χ4v) is 2.53. The Morgan fingerprint density at radius 1 is 1.17 bits per heavy atom. The van der Waals surface area contributed by atoms with Crippen LogP contribution in [0.25, 0.3) is 0 Å². The number of carbonyl (C=O) groups excluding carboxylic acids is 2. The van der Waals surface area contributed by atoms with Crippen molar-refractivity contribution in [1.82, 2.24) is 0 Å². The van der Waals surface area contributed by atoms with Crippen molar-refractivity contribution in [3.8, 4) is 5.75 Å². The van der Waals surface area contributed by atoms with Gasteiger partial charge in [0.05, 0.1) is 13.7 Å². The van der Waals surface area contributed by atoms with Gasteiger partial charge >= 0.3 is 11.9 Å². The molecule has 0 bridgehead atoms. The number of carbonyl (C=O) groups is 2. The topological polar surface area (TPSA) is 73.9 Å². The number of ether oxygens (including phenoxy) is 3. The quantitative estimate of drug-likeness (QED) is 0.543. The number of hydrogen-bond donors (Lipinski definition) is 1. The zero-order valence-corrected chi connectivity index (χ0v) is 16.1. The van der Waals surface area contributed by atoms with Gasteiger partial charge in [0.2, 0.25) is 0 Å². The maximum atomic E-state index is 11.7. The summed E-state index contributed by atoms with van der Waals surface area (Å²) >= 11 is 0. The third kappa shape index (κ3) is 8.01. The average Bonchev–Trinajstić information content (AvgIpc) is 2.50. The fraction of sp³-hybridized carbons (Fsp3) is 0.529. The highest BCUT2D eigenvalue weighted by atomic mass is 28.3. The molecule has 0 aliphatic heterocycles. The molecule has 0 heterocycles. The third-order valence-corrected chi connectivity index (χ3v) is 5.02. The Kier molecular flexibility index (Phi) is 7.77. The number of esters is 2. The normalized spacial score (nSPS) is 10.9. The molecule has 24 heavy (non-hydrogen) atoms. The molecular formula is C17H27NO5Si. The van der Waals surface area contributed by atoms with Crippen molar-refractivity contribution in [2.24, 2.45) is 0 Å². The predicted molar refractivity (Wildman–Crippen MR) is 96.3 cm³/mol. The molecule has 0 aromatic heterocycles. The van der Waals surface area contributed by atoms with Gasteiger partial charge in [0.1, 0.15) is 12.3 Å². The maximum Gasteiger partial charge on any atom is 0.344 e. The van der Waals surface area contributed by atoms with Gasteiger partial charge in [-0.05, 0) is 36.7 Å². The van der Waals surface area contributed by atoms with E-state index < -0.39 is 8.07 Å². The van der Waals surface area contributed by atoms with Crippen molar-refractivity contribution in [1.29, 1.82) is 0 Å². The first-order chi connectivity index (χ1) is 11.2. The molecule has 0 radical (unpaired) electrons. The van der Waals surface area contributed by atoms with Crippen LogP contribution in [0.3, 0.4) is 0 Å². The van der Waals surface area contributed by atoms with Crippen molar-refractivity contribution in [2.45, 2.75) is 32.6 Å². The van der Waals surface area contributed by atoms with Gasteiger partial charge in [-0.15, -0.1) is 0 Å². The van der Waals surface area contributed by atoms with Crippen LogP contribution >= 0.6 is 0 Å². The number of nitrogens with one attached hydrogen (secondary N) is 1. The lowest BCUT2D eigenvalue weighted by Gasteiger charge is -2.15. The van der Waals surface area contributed by atoms with Gasteiger partial charge in [-0.1, -0.05) is 19.6 Å². The van der Waals surface area contributed by atoms with Crippen LogP contribution in [0.4, 0.5) is 5.69 Å². The summed E-state index contributed by atoms with van der Waals surface area (Å²) in [5.41, 5.74) is 1.72. The standard InChI is InChI=1S/C17H27NO5Si/c1-13-10-14(6-7-15(13)18-11-16(19)21-2)23-12-17(20)22-8-9-24(3,4)5/h6-7,10,18H,8-9,11-12H2,1-5H3. The molecule has 0 aliphatic rings. The Labute approximate surface area is 144 Å². The minimum absolute atomic E-state index is 0.0982. The summed E-state index contributed by atoms with van der Waals surface area (Å²) < 4.78 is 15.2. The molecule has 1 N–H and O–H groups in total. The largest absolute Gasteiger partial charge is 0.482 e. The minimum atomic E-state index is -1.20. The average molecular weight is 353 g/mol. The van der Waals surface area contributed by atoms with Crippen LogP contribution in [-0.4, -0.2) is 46.9 Å². The van der Waals surface area contributed by atoms with Gasteiger partial charge in [0.15, 0.2) is 6.61 Å². The summed E-state index contributed by atoms with van der Waals surface area (Å²) in [6, 6.07) is 6.28. The SMILES string of the molecule is COC(=O)CNc1ccc(OCC(=O)OCC[Si](C)(C)C)cc1C. The number of rotatable bonds is 9. The first-order valence-corrected chi connectivity index (χ1v) is 11.6. The van der Waals surface area contributed by atoms with Crippen LogP contribution < -0.4 is 10.1 Å². The van der Waals surface area contributed by atoms with E-state index in [1.807, 2.05) is 6.92 Å². The summed E-state index contributed by atoms with van der Waals surface area (Å²) in [4.78, 5) is 22.8. The van der Waals surface area contributed by atoms with Crippen LogP contribution in [0.1, 0.15) is 5.56 Å². The molecule has 0 fully saturated rings. The van der Waals surface area contributed by atoms with Crippen molar-refractivity contribution in [2.75, 3.05) is 32.2 Å². The monoisotopic (exact) mass is 353 g/mol. The number of aryl methyl sites for hydroxylation is 1. The molecule has 7 heteroatoms. The van der Waals surface area contributed by atoms with E-state index in [4.69, 9.17) is 9.47 Å². The molecule has 1 aromatic rings. The van der Waals surface area contributed by atoms with Crippen LogP contribution in [0.2, 0.25) is 25.7 Å². The van der Waals surface area contributed by atoms with E-state index in [-0.39, 0.29) is 25.1 Å². The lowest BCUT2D eigenvalue weighted by Crippen LogP contribution is -2.24. The van der Waals surface area contributed by atoms with E-state index in [0.717, 1.165) is 17.3 Å². The van der Waals surface area contributed by atoms with Gasteiger partial charge in [0.25, 0.3) is 0 Å². The second-order valence-corrected chi connectivity index (χ2v) is 12.3. The Morgan fingerprint density at radius 3 is 2.46 bits per heavy atom. The molecular weight excluding hydrogens is 326 g/mol. The van der Waals surface area contributed by atoms with Crippen molar-refractivity contribution in [3.05, 3.63) is 23.8 Å². The summed E-state index contributed by atoms with van der Waals surface area (Å²) in [6.07, 6.45) is 0. The molecule has 6 nitrogen and oxygen atoms in total. The highest BCUT2D eigenvalue weighted by Crippen LogP contribution is 2.21. The molecule has 0 saturated heterocycles. The van der Waals surface area contributed by atoms with E-state index in [1.165, 1.54) is 7.11 Å². The number of hydrogen-bond acceptors (Lipinski definition) is 6. The number of benzene rings is 1. The molecule has 1 aromatic carbocycles. The molecule has 134 valence electrons. The number of anilines is 1. The van der Waals surface area contributed by atoms with Gasteiger partial charge < -0.3 is 19.5 Å². The van der Waals surface area contributed by atoms with E-state index in [9.17, 15) is 9.59 Å². The smallest absolute Gasteiger partial charge is 0.344 e. The zero-order chi connectivity index (χ0) is 18.2. The molecule has 0 amide bonds. The van der Waals surface area contributed by atoms with E-state index >= 15 is 0 Å². The van der Waals surface area contributed by atoms with Crippen molar-refractivity contribution < 1.29 is 23.8 Å². The molecule has 0 saturated carbocycles. The molecule has 0 unspecified atom stereocenters. The Morgan fingerprint density at radius 2 is 1.88 bits per heavy atom. The van der Waals surface area contributed by atoms with Crippen LogP contribution in [0.5, 0.6) is 5.75 Å². The molecule has 0 aliphatic carbocycles. The van der Waals surface area contributed by atoms with E-state index in [2.05, 4.69) is 29.7 Å². The Hall–Kier alpha value is -2.02. The summed E-state index contributed by atoms with van der Waals surface area (Å²) in [7, 11) is 0.142. The van der Waals surface area contributed by atoms with E-state index in [1.54, 1.807) is 18.2 Å². The van der Waals surface area contributed by atoms with Crippen LogP contribution in [0.15, 0.2) is 18.2 Å². The predicted octanol–water partition coefficient (Wildman–Crippen LogP) is 2.84. The Balaban J connectivity index is 2.42. The van der Waals surface area contributed by atoms with Crippen LogP contribution in [-0.2, 0) is 19.1 Å². The second-order valence-electron chi connectivity index (χ2n) is 6.73. The molecule has 0 spiro atoms. The third-order valence-electron chi connectivity index (χ3n) is 3.32. The van der Waals surface area contributed by atoms with Crippen molar-refractivity contribution in [3.63, 3.8) is 0 Å². The second kappa shape index (κ2) is 9.32. The fourth-order valence-electron chi connectivity index (χ4n) is 1.82. The lowest BCUT2D eigenvalue weighted by atomic mass is 10.2. The van der Waals surface area contributed by atoms with Gasteiger partial charge in [-0.2, -0.15) is 0 Å². The minimum Gasteiger partial charge on any atom is -0.482 e. The zero-order valence-electron chi connectivity index (χ0n) is 15.1. The first-order valence-electron chi connectivity index (χ1n) is 7.91. The summed E-state index contributed by atoms with van der Waals surface area (Å²) in [5.74, 6) is -0.118. The lowest BCUT2D eigenvalue weighted by molar-refractivity contribution is -0.145. The van der Waals surface area contributed by atoms with Gasteiger partial charge in [-0.25, -0.2) is 4.79 Å². The highest BCUT2D eigenvalue weighted by molar-refractivity contribution is 6.76. The highest BCUT2D eigenvalue weighted by Gasteiger charge is 2.14. The maximum absolute atomic E-state index is 11.7. The Bertz CT molecular complexity index is 569. The first kappa shape index (κ1) is 20.0. The number of methoxy groups -OCH3 is 1.